The second kappa shape index (κ2) is 8.25. The molecule has 15 heavy (non-hydrogen) atoms. The van der Waals surface area contributed by atoms with Crippen molar-refractivity contribution in [3.63, 3.8) is 0 Å². The van der Waals surface area contributed by atoms with Crippen molar-refractivity contribution in [1.82, 2.24) is 0 Å². The van der Waals surface area contributed by atoms with Crippen molar-refractivity contribution >= 4 is 30.1 Å². The fraction of sp³-hybridized carbons (Fsp3) is 0.900. The number of methoxy groups -OCH3 is 1. The predicted octanol–water partition coefficient (Wildman–Crippen LogP) is 1.97. The molecule has 0 amide bonds. The molecule has 0 radical (unpaired) electrons. The van der Waals surface area contributed by atoms with Crippen molar-refractivity contribution in [3.05, 3.63) is 0 Å². The maximum Gasteiger partial charge on any atom is 0.305 e. The lowest BCUT2D eigenvalue weighted by Gasteiger charge is -2.13. The second-order valence-corrected chi connectivity index (χ2v) is 5.03. The first kappa shape index (κ1) is 15.1. The molecule has 0 spiro atoms. The molecule has 0 aliphatic heterocycles. The maximum atomic E-state index is 10.8. The van der Waals surface area contributed by atoms with Gasteiger partial charge >= 0.3 is 5.97 Å². The van der Waals surface area contributed by atoms with E-state index in [4.69, 9.17) is 5.73 Å². The first-order valence-electron chi connectivity index (χ1n) is 5.18. The average molecular weight is 254 g/mol. The molecule has 0 bridgehead atoms. The molecule has 2 unspecified atom stereocenters. The summed E-state index contributed by atoms with van der Waals surface area (Å²) in [6, 6.07) is 0.373. The zero-order valence-corrected chi connectivity index (χ0v) is 10.7. The highest BCUT2D eigenvalue weighted by molar-refractivity contribution is 7.99. The number of hydrogen-bond acceptors (Lipinski definition) is 4. The number of thioether (sulfide) groups is 1. The lowest BCUT2D eigenvalue weighted by Crippen LogP contribution is -2.26. The standard InChI is InChI=1S/C10H19NO2S.ClH/c1-13-10(12)6-3-7-14-9-5-2-4-8(9)11;/h8-9H,2-7,11H2,1H3;1H. The van der Waals surface area contributed by atoms with Gasteiger partial charge in [0.2, 0.25) is 0 Å². The summed E-state index contributed by atoms with van der Waals surface area (Å²) in [5.74, 6) is 0.911. The van der Waals surface area contributed by atoms with Gasteiger partial charge in [-0.2, -0.15) is 11.8 Å². The third-order valence-electron chi connectivity index (χ3n) is 2.59. The van der Waals surface area contributed by atoms with E-state index in [1.54, 1.807) is 0 Å². The maximum absolute atomic E-state index is 10.8. The van der Waals surface area contributed by atoms with E-state index in [1.807, 2.05) is 11.8 Å². The SMILES string of the molecule is COC(=O)CCCSC1CCCC1N.Cl. The molecule has 1 aliphatic carbocycles. The van der Waals surface area contributed by atoms with Gasteiger partial charge in [0.05, 0.1) is 7.11 Å². The van der Waals surface area contributed by atoms with Crippen LogP contribution >= 0.6 is 24.2 Å². The average Bonchev–Trinajstić information content (AvgIpc) is 2.58. The Morgan fingerprint density at radius 3 is 2.80 bits per heavy atom. The van der Waals surface area contributed by atoms with Crippen molar-refractivity contribution in [1.29, 1.82) is 0 Å². The fourth-order valence-corrected chi connectivity index (χ4v) is 3.05. The summed E-state index contributed by atoms with van der Waals surface area (Å²) in [7, 11) is 1.43. The van der Waals surface area contributed by atoms with Gasteiger partial charge in [-0.1, -0.05) is 6.42 Å². The van der Waals surface area contributed by atoms with Crippen molar-refractivity contribution in [2.24, 2.45) is 5.73 Å². The highest BCUT2D eigenvalue weighted by Crippen LogP contribution is 2.29. The van der Waals surface area contributed by atoms with E-state index in [0.717, 1.165) is 18.6 Å². The Balaban J connectivity index is 0.00000196. The van der Waals surface area contributed by atoms with Crippen molar-refractivity contribution < 1.29 is 9.53 Å². The first-order chi connectivity index (χ1) is 6.74. The van der Waals surface area contributed by atoms with E-state index in [2.05, 4.69) is 4.74 Å². The van der Waals surface area contributed by atoms with Gasteiger partial charge in [0.1, 0.15) is 0 Å². The minimum atomic E-state index is -0.110. The number of carbonyl (C=O) groups excluding carboxylic acids is 1. The number of hydrogen-bond donors (Lipinski definition) is 1. The zero-order chi connectivity index (χ0) is 10.4. The van der Waals surface area contributed by atoms with Gasteiger partial charge < -0.3 is 10.5 Å². The molecule has 1 fully saturated rings. The van der Waals surface area contributed by atoms with Gasteiger partial charge in [-0.05, 0) is 25.0 Å². The summed E-state index contributed by atoms with van der Waals surface area (Å²) >= 11 is 1.91. The monoisotopic (exact) mass is 253 g/mol. The number of rotatable bonds is 5. The van der Waals surface area contributed by atoms with Crippen LogP contribution in [0.4, 0.5) is 0 Å². The van der Waals surface area contributed by atoms with Gasteiger partial charge in [0, 0.05) is 17.7 Å². The quantitative estimate of drug-likeness (QED) is 0.601. The summed E-state index contributed by atoms with van der Waals surface area (Å²) in [6.07, 6.45) is 5.10. The molecular formula is C10H20ClNO2S. The number of esters is 1. The summed E-state index contributed by atoms with van der Waals surface area (Å²) in [5.41, 5.74) is 5.93. The van der Waals surface area contributed by atoms with Crippen LogP contribution in [0.1, 0.15) is 32.1 Å². The van der Waals surface area contributed by atoms with Crippen LogP contribution in [-0.2, 0) is 9.53 Å². The van der Waals surface area contributed by atoms with E-state index in [1.165, 1.54) is 20.0 Å². The van der Waals surface area contributed by atoms with E-state index in [0.29, 0.717) is 17.7 Å². The minimum absolute atomic E-state index is 0. The summed E-state index contributed by atoms with van der Waals surface area (Å²) in [4.78, 5) is 10.8. The Morgan fingerprint density at radius 2 is 2.27 bits per heavy atom. The van der Waals surface area contributed by atoms with Gasteiger partial charge in [-0.25, -0.2) is 0 Å². The van der Waals surface area contributed by atoms with Crippen LogP contribution in [0.2, 0.25) is 0 Å². The second-order valence-electron chi connectivity index (χ2n) is 3.68. The van der Waals surface area contributed by atoms with E-state index >= 15 is 0 Å². The lowest BCUT2D eigenvalue weighted by atomic mass is 10.3. The molecule has 0 aromatic carbocycles. The number of carbonyl (C=O) groups is 1. The largest absolute Gasteiger partial charge is 0.469 e. The molecule has 1 aliphatic rings. The van der Waals surface area contributed by atoms with Crippen LogP contribution in [0.5, 0.6) is 0 Å². The molecule has 0 heterocycles. The molecule has 2 N–H and O–H groups in total. The minimum Gasteiger partial charge on any atom is -0.469 e. The third kappa shape index (κ3) is 5.64. The van der Waals surface area contributed by atoms with Crippen molar-refractivity contribution in [2.45, 2.75) is 43.4 Å². The smallest absolute Gasteiger partial charge is 0.305 e. The topological polar surface area (TPSA) is 52.3 Å². The highest BCUT2D eigenvalue weighted by Gasteiger charge is 2.23. The highest BCUT2D eigenvalue weighted by atomic mass is 35.5. The van der Waals surface area contributed by atoms with Crippen LogP contribution in [0.15, 0.2) is 0 Å². The number of nitrogens with two attached hydrogens (primary N) is 1. The molecule has 0 aromatic heterocycles. The Hall–Kier alpha value is 0.0700. The molecule has 0 aromatic rings. The number of halogens is 1. The Bertz CT molecular complexity index is 192. The molecule has 3 nitrogen and oxygen atoms in total. The van der Waals surface area contributed by atoms with Crippen LogP contribution < -0.4 is 5.73 Å². The molecule has 2 atom stereocenters. The van der Waals surface area contributed by atoms with Gasteiger partial charge in [0.25, 0.3) is 0 Å². The van der Waals surface area contributed by atoms with Gasteiger partial charge in [0.15, 0.2) is 0 Å². The zero-order valence-electron chi connectivity index (χ0n) is 9.11. The normalized spacial score (nSPS) is 24.7. The van der Waals surface area contributed by atoms with Gasteiger partial charge in [-0.15, -0.1) is 12.4 Å². The Kier molecular flexibility index (Phi) is 8.29. The summed E-state index contributed by atoms with van der Waals surface area (Å²) in [5, 5.41) is 0.618. The summed E-state index contributed by atoms with van der Waals surface area (Å²) < 4.78 is 4.57. The lowest BCUT2D eigenvalue weighted by molar-refractivity contribution is -0.140. The third-order valence-corrected chi connectivity index (χ3v) is 4.13. The predicted molar refractivity (Wildman–Crippen MR) is 66.6 cm³/mol. The summed E-state index contributed by atoms with van der Waals surface area (Å²) in [6.45, 7) is 0. The molecule has 1 rings (SSSR count). The molecule has 5 heteroatoms. The molecular weight excluding hydrogens is 234 g/mol. The van der Waals surface area contributed by atoms with Crippen LogP contribution in [0, 0.1) is 0 Å². The van der Waals surface area contributed by atoms with Crippen molar-refractivity contribution in [3.8, 4) is 0 Å². The molecule has 90 valence electrons. The van der Waals surface area contributed by atoms with Crippen LogP contribution in [-0.4, -0.2) is 30.1 Å². The van der Waals surface area contributed by atoms with Gasteiger partial charge in [-0.3, -0.25) is 4.79 Å². The Labute approximate surface area is 102 Å². The Morgan fingerprint density at radius 1 is 1.53 bits per heavy atom. The van der Waals surface area contributed by atoms with Crippen LogP contribution in [0.3, 0.4) is 0 Å². The first-order valence-corrected chi connectivity index (χ1v) is 6.23. The van der Waals surface area contributed by atoms with Crippen molar-refractivity contribution in [2.75, 3.05) is 12.9 Å². The van der Waals surface area contributed by atoms with E-state index in [-0.39, 0.29) is 18.4 Å². The van der Waals surface area contributed by atoms with Crippen LogP contribution in [0.25, 0.3) is 0 Å². The molecule has 0 saturated heterocycles. The number of ether oxygens (including phenoxy) is 1. The van der Waals surface area contributed by atoms with E-state index in [9.17, 15) is 4.79 Å². The fourth-order valence-electron chi connectivity index (χ4n) is 1.71. The van der Waals surface area contributed by atoms with E-state index < -0.39 is 0 Å². The molecule has 1 saturated carbocycles.